The van der Waals surface area contributed by atoms with E-state index in [1.165, 1.54) is 0 Å². The Hall–Kier alpha value is -3.73. The number of ether oxygens (including phenoxy) is 1. The van der Waals surface area contributed by atoms with Crippen LogP contribution in [0.25, 0.3) is 22.4 Å². The number of rotatable bonds is 5. The van der Waals surface area contributed by atoms with Gasteiger partial charge >= 0.3 is 5.97 Å². The number of benzene rings is 2. The van der Waals surface area contributed by atoms with Crippen LogP contribution in [0.3, 0.4) is 0 Å². The number of Topliss-reactive ketones (excluding diaryl/α,β-unsaturated/α-hetero) is 1. The van der Waals surface area contributed by atoms with Crippen LogP contribution in [0.15, 0.2) is 77.4 Å². The molecule has 0 N–H and O–H groups in total. The fourth-order valence-corrected chi connectivity index (χ4v) is 3.12. The van der Waals surface area contributed by atoms with E-state index >= 15 is 0 Å². The summed E-state index contributed by atoms with van der Waals surface area (Å²) in [6.45, 7) is 3.53. The van der Waals surface area contributed by atoms with Crippen molar-refractivity contribution in [2.45, 2.75) is 20.0 Å². The lowest BCUT2D eigenvalue weighted by Gasteiger charge is -2.14. The molecule has 4 aromatic rings. The first kappa shape index (κ1) is 18.6. The molecule has 0 aliphatic carbocycles. The van der Waals surface area contributed by atoms with Crippen LogP contribution in [-0.2, 0) is 4.74 Å². The first-order chi connectivity index (χ1) is 14.0. The average molecular weight is 385 g/mol. The quantitative estimate of drug-likeness (QED) is 0.347. The van der Waals surface area contributed by atoms with Gasteiger partial charge in [-0.05, 0) is 38.1 Å². The number of ketones is 1. The second-order valence-electron chi connectivity index (χ2n) is 6.83. The summed E-state index contributed by atoms with van der Waals surface area (Å²) in [6.07, 6.45) is 0.635. The summed E-state index contributed by atoms with van der Waals surface area (Å²) in [5.74, 6) is -0.277. The molecule has 0 amide bonds. The Balaban J connectivity index is 1.65. The van der Waals surface area contributed by atoms with Crippen molar-refractivity contribution in [3.63, 3.8) is 0 Å². The lowest BCUT2D eigenvalue weighted by molar-refractivity contribution is 0.0320. The zero-order valence-corrected chi connectivity index (χ0v) is 16.1. The number of nitrogens with zero attached hydrogens (tertiary/aromatic N) is 1. The van der Waals surface area contributed by atoms with E-state index in [-0.39, 0.29) is 5.78 Å². The highest BCUT2D eigenvalue weighted by atomic mass is 16.5. The molecule has 0 aliphatic heterocycles. The van der Waals surface area contributed by atoms with E-state index in [1.807, 2.05) is 37.3 Å². The van der Waals surface area contributed by atoms with E-state index < -0.39 is 12.1 Å². The van der Waals surface area contributed by atoms with Crippen molar-refractivity contribution in [1.82, 2.24) is 4.98 Å². The third kappa shape index (κ3) is 3.80. The summed E-state index contributed by atoms with van der Waals surface area (Å²) in [4.78, 5) is 30.1. The molecule has 2 aromatic heterocycles. The zero-order chi connectivity index (χ0) is 20.4. The molecule has 5 heteroatoms. The number of aromatic nitrogens is 1. The van der Waals surface area contributed by atoms with Crippen LogP contribution in [0.1, 0.15) is 33.2 Å². The van der Waals surface area contributed by atoms with Gasteiger partial charge in [-0.2, -0.15) is 0 Å². The normalized spacial score (nSPS) is 11.9. The zero-order valence-electron chi connectivity index (χ0n) is 16.1. The molecule has 0 spiro atoms. The van der Waals surface area contributed by atoms with E-state index in [0.29, 0.717) is 33.5 Å². The molecule has 0 aliphatic rings. The molecule has 0 fully saturated rings. The standard InChI is InChI=1S/C24H19NO4/c1-15-9-11-17(12-10-15)23(26)16(2)29-24(27)19-14-21(22-8-5-13-28-22)25-20-7-4-3-6-18(19)20/h3-14,16H,1-2H3/t16-/m1/s1. The summed E-state index contributed by atoms with van der Waals surface area (Å²) in [6, 6.07) is 19.6. The van der Waals surface area contributed by atoms with Gasteiger partial charge in [0.2, 0.25) is 5.78 Å². The van der Waals surface area contributed by atoms with Crippen LogP contribution in [0, 0.1) is 6.92 Å². The molecule has 0 unspecified atom stereocenters. The Morgan fingerprint density at radius 1 is 1.00 bits per heavy atom. The number of esters is 1. The van der Waals surface area contributed by atoms with Crippen molar-refractivity contribution in [2.75, 3.05) is 0 Å². The number of pyridine rings is 1. The van der Waals surface area contributed by atoms with Crippen molar-refractivity contribution in [3.8, 4) is 11.5 Å². The van der Waals surface area contributed by atoms with Gasteiger partial charge in [-0.3, -0.25) is 4.79 Å². The maximum Gasteiger partial charge on any atom is 0.339 e. The fourth-order valence-electron chi connectivity index (χ4n) is 3.12. The molecule has 0 radical (unpaired) electrons. The molecular formula is C24H19NO4. The topological polar surface area (TPSA) is 69.4 Å². The lowest BCUT2D eigenvalue weighted by Crippen LogP contribution is -2.24. The third-order valence-corrected chi connectivity index (χ3v) is 4.70. The Labute approximate surface area is 168 Å². The SMILES string of the molecule is Cc1ccc(C(=O)[C@@H](C)OC(=O)c2cc(-c3ccco3)nc3ccccc23)cc1. The van der Waals surface area contributed by atoms with Crippen LogP contribution in [0.5, 0.6) is 0 Å². The van der Waals surface area contributed by atoms with Crippen molar-refractivity contribution >= 4 is 22.7 Å². The molecule has 2 aromatic carbocycles. The largest absolute Gasteiger partial charge is 0.463 e. The number of hydrogen-bond donors (Lipinski definition) is 0. The first-order valence-electron chi connectivity index (χ1n) is 9.28. The predicted octanol–water partition coefficient (Wildman–Crippen LogP) is 5.23. The molecule has 29 heavy (non-hydrogen) atoms. The van der Waals surface area contributed by atoms with Crippen molar-refractivity contribution in [1.29, 1.82) is 0 Å². The smallest absolute Gasteiger partial charge is 0.339 e. The minimum atomic E-state index is -0.913. The monoisotopic (exact) mass is 385 g/mol. The highest BCUT2D eigenvalue weighted by molar-refractivity contribution is 6.06. The van der Waals surface area contributed by atoms with E-state index in [1.54, 1.807) is 49.6 Å². The van der Waals surface area contributed by atoms with Crippen LogP contribution < -0.4 is 0 Å². The van der Waals surface area contributed by atoms with Crippen molar-refractivity contribution < 1.29 is 18.7 Å². The number of furan rings is 1. The van der Waals surface area contributed by atoms with Gasteiger partial charge in [0.25, 0.3) is 0 Å². The maximum absolute atomic E-state index is 12.9. The molecule has 0 saturated heterocycles. The first-order valence-corrected chi connectivity index (χ1v) is 9.28. The number of para-hydroxylation sites is 1. The van der Waals surface area contributed by atoms with Gasteiger partial charge in [0.05, 0.1) is 17.3 Å². The van der Waals surface area contributed by atoms with Crippen LogP contribution >= 0.6 is 0 Å². The number of hydrogen-bond acceptors (Lipinski definition) is 5. The second-order valence-corrected chi connectivity index (χ2v) is 6.83. The Bertz CT molecular complexity index is 1180. The minimum absolute atomic E-state index is 0.247. The average Bonchev–Trinajstić information content (AvgIpc) is 3.28. The van der Waals surface area contributed by atoms with Gasteiger partial charge in [0, 0.05) is 10.9 Å². The molecule has 144 valence electrons. The highest BCUT2D eigenvalue weighted by Gasteiger charge is 2.23. The van der Waals surface area contributed by atoms with E-state index in [9.17, 15) is 9.59 Å². The summed E-state index contributed by atoms with van der Waals surface area (Å²) in [5, 5.41) is 0.655. The van der Waals surface area contributed by atoms with Gasteiger partial charge in [0.1, 0.15) is 5.69 Å². The lowest BCUT2D eigenvalue weighted by atomic mass is 10.0. The highest BCUT2D eigenvalue weighted by Crippen LogP contribution is 2.26. The number of aryl methyl sites for hydroxylation is 1. The second kappa shape index (κ2) is 7.72. The maximum atomic E-state index is 12.9. The van der Waals surface area contributed by atoms with Gasteiger partial charge in [-0.1, -0.05) is 48.0 Å². The van der Waals surface area contributed by atoms with Crippen LogP contribution in [-0.4, -0.2) is 22.8 Å². The summed E-state index contributed by atoms with van der Waals surface area (Å²) < 4.78 is 10.9. The Kier molecular flexibility index (Phi) is 4.96. The molecule has 0 bridgehead atoms. The summed E-state index contributed by atoms with van der Waals surface area (Å²) in [5.41, 5.74) is 3.07. The van der Waals surface area contributed by atoms with Crippen molar-refractivity contribution in [2.24, 2.45) is 0 Å². The van der Waals surface area contributed by atoms with Crippen molar-refractivity contribution in [3.05, 3.63) is 89.7 Å². The minimum Gasteiger partial charge on any atom is -0.463 e. The van der Waals surface area contributed by atoms with Crippen LogP contribution in [0.2, 0.25) is 0 Å². The van der Waals surface area contributed by atoms with E-state index in [2.05, 4.69) is 4.98 Å². The molecule has 0 saturated carbocycles. The van der Waals surface area contributed by atoms with Gasteiger partial charge in [-0.25, -0.2) is 9.78 Å². The fraction of sp³-hybridized carbons (Fsp3) is 0.125. The van der Waals surface area contributed by atoms with E-state index in [0.717, 1.165) is 5.56 Å². The van der Waals surface area contributed by atoms with Gasteiger partial charge in [-0.15, -0.1) is 0 Å². The van der Waals surface area contributed by atoms with Gasteiger partial charge < -0.3 is 9.15 Å². The molecule has 4 rings (SSSR count). The third-order valence-electron chi connectivity index (χ3n) is 4.70. The number of carbonyl (C=O) groups is 2. The number of carbonyl (C=O) groups excluding carboxylic acids is 2. The molecule has 2 heterocycles. The molecule has 5 nitrogen and oxygen atoms in total. The number of fused-ring (bicyclic) bond motifs is 1. The molecule has 1 atom stereocenters. The molecular weight excluding hydrogens is 366 g/mol. The van der Waals surface area contributed by atoms with Crippen LogP contribution in [0.4, 0.5) is 0 Å². The summed E-state index contributed by atoms with van der Waals surface area (Å²) >= 11 is 0. The summed E-state index contributed by atoms with van der Waals surface area (Å²) in [7, 11) is 0. The Morgan fingerprint density at radius 3 is 2.48 bits per heavy atom. The predicted molar refractivity (Wildman–Crippen MR) is 110 cm³/mol. The van der Waals surface area contributed by atoms with Gasteiger partial charge in [0.15, 0.2) is 11.9 Å². The van der Waals surface area contributed by atoms with E-state index in [4.69, 9.17) is 9.15 Å². The Morgan fingerprint density at radius 2 is 1.76 bits per heavy atom.